The van der Waals surface area contributed by atoms with Crippen LogP contribution < -0.4 is 10.5 Å². The monoisotopic (exact) mass is 216 g/mol. The topological polar surface area (TPSA) is 57.2 Å². The van der Waals surface area contributed by atoms with Crippen LogP contribution in [0.3, 0.4) is 0 Å². The zero-order valence-electron chi connectivity index (χ0n) is 8.88. The zero-order chi connectivity index (χ0) is 11.5. The second-order valence-electron chi connectivity index (χ2n) is 3.33. The third kappa shape index (κ3) is 1.77. The number of rotatable bonds is 3. The molecule has 1 aromatic heterocycles. The number of carbonyl (C=O) groups excluding carboxylic acids is 1. The number of ether oxygens (including phenoxy) is 1. The molecule has 2 N–H and O–H groups in total. The molecule has 0 atom stereocenters. The van der Waals surface area contributed by atoms with Gasteiger partial charge >= 0.3 is 0 Å². The number of carbonyl (C=O) groups is 1. The van der Waals surface area contributed by atoms with E-state index in [0.717, 1.165) is 11.4 Å². The molecule has 0 unspecified atom stereocenters. The summed E-state index contributed by atoms with van der Waals surface area (Å²) in [5.41, 5.74) is 6.61. The third-order valence-electron chi connectivity index (χ3n) is 2.35. The summed E-state index contributed by atoms with van der Waals surface area (Å²) in [6, 6.07) is 10.9. The van der Waals surface area contributed by atoms with Crippen LogP contribution in [0, 0.1) is 0 Å². The molecule has 0 fully saturated rings. The largest absolute Gasteiger partial charge is 0.497 e. The van der Waals surface area contributed by atoms with Crippen molar-refractivity contribution < 1.29 is 9.53 Å². The molecular weight excluding hydrogens is 204 g/mol. The van der Waals surface area contributed by atoms with E-state index in [-0.39, 0.29) is 0 Å². The number of aromatic nitrogens is 1. The van der Waals surface area contributed by atoms with Gasteiger partial charge in [0.05, 0.1) is 7.11 Å². The van der Waals surface area contributed by atoms with E-state index in [1.807, 2.05) is 24.3 Å². The molecule has 0 spiro atoms. The minimum atomic E-state index is -0.444. The van der Waals surface area contributed by atoms with Gasteiger partial charge in [-0.25, -0.2) is 0 Å². The third-order valence-corrected chi connectivity index (χ3v) is 2.35. The number of amides is 1. The number of hydrogen-bond acceptors (Lipinski definition) is 2. The van der Waals surface area contributed by atoms with Crippen LogP contribution >= 0.6 is 0 Å². The van der Waals surface area contributed by atoms with Gasteiger partial charge < -0.3 is 15.0 Å². The summed E-state index contributed by atoms with van der Waals surface area (Å²) in [6.07, 6.45) is 1.79. The molecule has 0 saturated heterocycles. The molecule has 1 amide bonds. The van der Waals surface area contributed by atoms with Crippen molar-refractivity contribution in [3.63, 3.8) is 0 Å². The van der Waals surface area contributed by atoms with Gasteiger partial charge in [0.25, 0.3) is 5.91 Å². The summed E-state index contributed by atoms with van der Waals surface area (Å²) in [5, 5.41) is 0. The van der Waals surface area contributed by atoms with Crippen molar-refractivity contribution in [2.75, 3.05) is 7.11 Å². The van der Waals surface area contributed by atoms with E-state index in [2.05, 4.69) is 0 Å². The Morgan fingerprint density at radius 2 is 1.94 bits per heavy atom. The fraction of sp³-hybridized carbons (Fsp3) is 0.0833. The molecule has 0 aliphatic rings. The van der Waals surface area contributed by atoms with Gasteiger partial charge in [0.15, 0.2) is 0 Å². The van der Waals surface area contributed by atoms with Crippen molar-refractivity contribution in [2.24, 2.45) is 5.73 Å². The van der Waals surface area contributed by atoms with Crippen molar-refractivity contribution in [3.05, 3.63) is 48.3 Å². The smallest absolute Gasteiger partial charge is 0.265 e. The Labute approximate surface area is 93.3 Å². The molecule has 4 heteroatoms. The second kappa shape index (κ2) is 4.10. The lowest BCUT2D eigenvalue weighted by atomic mass is 10.3. The molecule has 1 aromatic carbocycles. The van der Waals surface area contributed by atoms with Gasteiger partial charge in [-0.05, 0) is 36.4 Å². The minimum absolute atomic E-state index is 0.444. The normalized spacial score (nSPS) is 10.1. The number of methoxy groups -OCH3 is 1. The van der Waals surface area contributed by atoms with Crippen LogP contribution in [-0.4, -0.2) is 17.6 Å². The van der Waals surface area contributed by atoms with Gasteiger partial charge in [0.2, 0.25) is 0 Å². The Morgan fingerprint density at radius 1 is 1.25 bits per heavy atom. The molecule has 0 saturated carbocycles. The Kier molecular flexibility index (Phi) is 2.64. The maximum absolute atomic E-state index is 11.2. The van der Waals surface area contributed by atoms with E-state index in [1.165, 1.54) is 0 Å². The van der Waals surface area contributed by atoms with Gasteiger partial charge in [-0.1, -0.05) is 0 Å². The van der Waals surface area contributed by atoms with E-state index in [0.29, 0.717) is 5.69 Å². The van der Waals surface area contributed by atoms with E-state index in [1.54, 1.807) is 30.0 Å². The second-order valence-corrected chi connectivity index (χ2v) is 3.33. The first-order chi connectivity index (χ1) is 7.72. The fourth-order valence-corrected chi connectivity index (χ4v) is 1.55. The maximum Gasteiger partial charge on any atom is 0.265 e. The van der Waals surface area contributed by atoms with Crippen molar-refractivity contribution in [3.8, 4) is 11.4 Å². The molecule has 0 aliphatic heterocycles. The van der Waals surface area contributed by atoms with E-state index < -0.39 is 5.91 Å². The highest BCUT2D eigenvalue weighted by atomic mass is 16.5. The molecule has 4 nitrogen and oxygen atoms in total. The molecule has 82 valence electrons. The fourth-order valence-electron chi connectivity index (χ4n) is 1.55. The molecule has 0 radical (unpaired) electrons. The van der Waals surface area contributed by atoms with Crippen LogP contribution in [0.4, 0.5) is 0 Å². The van der Waals surface area contributed by atoms with Crippen molar-refractivity contribution in [2.45, 2.75) is 0 Å². The van der Waals surface area contributed by atoms with E-state index in [4.69, 9.17) is 10.5 Å². The van der Waals surface area contributed by atoms with Gasteiger partial charge in [0, 0.05) is 11.9 Å². The van der Waals surface area contributed by atoms with Crippen LogP contribution in [-0.2, 0) is 0 Å². The lowest BCUT2D eigenvalue weighted by Crippen LogP contribution is -2.15. The lowest BCUT2D eigenvalue weighted by Gasteiger charge is -2.07. The van der Waals surface area contributed by atoms with Crippen molar-refractivity contribution in [1.29, 1.82) is 0 Å². The average molecular weight is 216 g/mol. The first-order valence-corrected chi connectivity index (χ1v) is 4.84. The van der Waals surface area contributed by atoms with Crippen LogP contribution in [0.15, 0.2) is 42.6 Å². The highest BCUT2D eigenvalue weighted by molar-refractivity contribution is 5.91. The van der Waals surface area contributed by atoms with E-state index in [9.17, 15) is 4.79 Å². The van der Waals surface area contributed by atoms with Gasteiger partial charge in [-0.3, -0.25) is 4.79 Å². The average Bonchev–Trinajstić information content (AvgIpc) is 2.78. The molecule has 2 aromatic rings. The minimum Gasteiger partial charge on any atom is -0.497 e. The number of nitrogens with two attached hydrogens (primary N) is 1. The molecule has 0 bridgehead atoms. The SMILES string of the molecule is COc1ccc(-n2cccc2C(N)=O)cc1. The quantitative estimate of drug-likeness (QED) is 0.846. The molecule has 1 heterocycles. The summed E-state index contributed by atoms with van der Waals surface area (Å²) in [4.78, 5) is 11.2. The highest BCUT2D eigenvalue weighted by Gasteiger charge is 2.07. The first kappa shape index (κ1) is 10.3. The van der Waals surface area contributed by atoms with Gasteiger partial charge in [0.1, 0.15) is 11.4 Å². The Bertz CT molecular complexity index is 500. The summed E-state index contributed by atoms with van der Waals surface area (Å²) >= 11 is 0. The van der Waals surface area contributed by atoms with Crippen LogP contribution in [0.25, 0.3) is 5.69 Å². The predicted octanol–water partition coefficient (Wildman–Crippen LogP) is 1.58. The van der Waals surface area contributed by atoms with Gasteiger partial charge in [-0.2, -0.15) is 0 Å². The van der Waals surface area contributed by atoms with Crippen molar-refractivity contribution in [1.82, 2.24) is 4.57 Å². The standard InChI is InChI=1S/C12H12N2O2/c1-16-10-6-4-9(5-7-10)14-8-2-3-11(14)12(13)15/h2-8H,1H3,(H2,13,15). The first-order valence-electron chi connectivity index (χ1n) is 4.84. The van der Waals surface area contributed by atoms with Gasteiger partial charge in [-0.15, -0.1) is 0 Å². The predicted molar refractivity (Wildman–Crippen MR) is 60.8 cm³/mol. The summed E-state index contributed by atoms with van der Waals surface area (Å²) < 4.78 is 6.80. The van der Waals surface area contributed by atoms with Crippen LogP contribution in [0.5, 0.6) is 5.75 Å². The number of nitrogens with zero attached hydrogens (tertiary/aromatic N) is 1. The maximum atomic E-state index is 11.2. The number of hydrogen-bond donors (Lipinski definition) is 1. The zero-order valence-corrected chi connectivity index (χ0v) is 8.88. The lowest BCUT2D eigenvalue weighted by molar-refractivity contribution is 0.0994. The van der Waals surface area contributed by atoms with E-state index >= 15 is 0 Å². The summed E-state index contributed by atoms with van der Waals surface area (Å²) in [6.45, 7) is 0. The summed E-state index contributed by atoms with van der Waals surface area (Å²) in [5.74, 6) is 0.331. The highest BCUT2D eigenvalue weighted by Crippen LogP contribution is 2.16. The molecule has 0 aliphatic carbocycles. The molecular formula is C12H12N2O2. The number of benzene rings is 1. The molecule has 2 rings (SSSR count). The Hall–Kier alpha value is -2.23. The number of primary amides is 1. The Balaban J connectivity index is 2.42. The summed E-state index contributed by atoms with van der Waals surface area (Å²) in [7, 11) is 1.61. The van der Waals surface area contributed by atoms with Crippen LogP contribution in [0.1, 0.15) is 10.5 Å². The Morgan fingerprint density at radius 3 is 2.50 bits per heavy atom. The molecule has 16 heavy (non-hydrogen) atoms. The van der Waals surface area contributed by atoms with Crippen molar-refractivity contribution >= 4 is 5.91 Å². The van der Waals surface area contributed by atoms with Crippen LogP contribution in [0.2, 0.25) is 0 Å².